The maximum absolute atomic E-state index is 14.9. The van der Waals surface area contributed by atoms with Crippen LogP contribution in [0.2, 0.25) is 5.02 Å². The average Bonchev–Trinajstić information content (AvgIpc) is 3.09. The molecule has 0 radical (unpaired) electrons. The maximum atomic E-state index is 14.9. The number of aromatic amines is 1. The van der Waals surface area contributed by atoms with Gasteiger partial charge in [-0.1, -0.05) is 48.0 Å². The summed E-state index contributed by atoms with van der Waals surface area (Å²) in [6.45, 7) is 0. The summed E-state index contributed by atoms with van der Waals surface area (Å²) in [5.41, 5.74) is 3.16. The van der Waals surface area contributed by atoms with Gasteiger partial charge in [-0.15, -0.1) is 0 Å². The van der Waals surface area contributed by atoms with E-state index in [-0.39, 0.29) is 16.6 Å². The molecule has 0 saturated heterocycles. The molecule has 4 rings (SSSR count). The number of nitrogens with one attached hydrogen (secondary N) is 1. The number of benzene rings is 3. The molecule has 0 aliphatic carbocycles. The monoisotopic (exact) mass is 445 g/mol. The molecule has 0 aliphatic heterocycles. The fourth-order valence-corrected chi connectivity index (χ4v) is 4.76. The Morgan fingerprint density at radius 1 is 1.00 bits per heavy atom. The SMILES string of the molecule is CS(=O)(=O)Cc1cccc2c(C(c3ccc(F)cc3)c3ccc(Cl)cc3F)c[nH]c12. The molecule has 3 nitrogen and oxygen atoms in total. The van der Waals surface area contributed by atoms with Gasteiger partial charge < -0.3 is 4.98 Å². The molecule has 0 aliphatic rings. The zero-order chi connectivity index (χ0) is 21.5. The van der Waals surface area contributed by atoms with Crippen LogP contribution in [0.15, 0.2) is 66.9 Å². The van der Waals surface area contributed by atoms with Gasteiger partial charge in [-0.05, 0) is 46.5 Å². The molecule has 1 unspecified atom stereocenters. The number of para-hydroxylation sites is 1. The first-order valence-electron chi connectivity index (χ1n) is 9.20. The highest BCUT2D eigenvalue weighted by atomic mass is 35.5. The van der Waals surface area contributed by atoms with Crippen LogP contribution >= 0.6 is 11.6 Å². The normalized spacial score (nSPS) is 12.9. The first-order chi connectivity index (χ1) is 14.2. The number of aromatic nitrogens is 1. The van der Waals surface area contributed by atoms with Gasteiger partial charge in [0, 0.05) is 34.3 Å². The Kier molecular flexibility index (Phi) is 5.38. The molecule has 4 aromatic rings. The van der Waals surface area contributed by atoms with Gasteiger partial charge in [0.2, 0.25) is 0 Å². The van der Waals surface area contributed by atoms with Crippen molar-refractivity contribution in [1.29, 1.82) is 0 Å². The Hall–Kier alpha value is -2.70. The van der Waals surface area contributed by atoms with Gasteiger partial charge in [-0.3, -0.25) is 0 Å². The summed E-state index contributed by atoms with van der Waals surface area (Å²) >= 11 is 5.94. The predicted octanol–water partition coefficient (Wildman–Crippen LogP) is 5.82. The molecule has 7 heteroatoms. The first kappa shape index (κ1) is 20.6. The van der Waals surface area contributed by atoms with Gasteiger partial charge in [0.15, 0.2) is 9.84 Å². The van der Waals surface area contributed by atoms with E-state index >= 15 is 0 Å². The van der Waals surface area contributed by atoms with E-state index in [2.05, 4.69) is 4.98 Å². The summed E-state index contributed by atoms with van der Waals surface area (Å²) < 4.78 is 52.1. The van der Waals surface area contributed by atoms with E-state index in [9.17, 15) is 17.2 Å². The van der Waals surface area contributed by atoms with Crippen molar-refractivity contribution in [2.24, 2.45) is 0 Å². The number of fused-ring (bicyclic) bond motifs is 1. The maximum Gasteiger partial charge on any atom is 0.151 e. The van der Waals surface area contributed by atoms with Gasteiger partial charge >= 0.3 is 0 Å². The lowest BCUT2D eigenvalue weighted by Crippen LogP contribution is -2.06. The van der Waals surface area contributed by atoms with Crippen LogP contribution in [0.25, 0.3) is 10.9 Å². The summed E-state index contributed by atoms with van der Waals surface area (Å²) in [5, 5.41) is 1.06. The van der Waals surface area contributed by atoms with E-state index in [1.807, 2.05) is 6.07 Å². The largest absolute Gasteiger partial charge is 0.361 e. The Labute approximate surface area is 178 Å². The minimum absolute atomic E-state index is 0.110. The van der Waals surface area contributed by atoms with Crippen LogP contribution in [0.1, 0.15) is 28.2 Å². The van der Waals surface area contributed by atoms with E-state index in [0.29, 0.717) is 22.2 Å². The van der Waals surface area contributed by atoms with Crippen LogP contribution in [0.3, 0.4) is 0 Å². The van der Waals surface area contributed by atoms with Crippen LogP contribution in [0.5, 0.6) is 0 Å². The topological polar surface area (TPSA) is 49.9 Å². The zero-order valence-electron chi connectivity index (χ0n) is 16.0. The number of hydrogen-bond acceptors (Lipinski definition) is 2. The number of halogens is 3. The van der Waals surface area contributed by atoms with Crippen LogP contribution in [0, 0.1) is 11.6 Å². The Balaban J connectivity index is 1.95. The van der Waals surface area contributed by atoms with Crippen LogP contribution in [0.4, 0.5) is 8.78 Å². The van der Waals surface area contributed by atoms with E-state index < -0.39 is 21.6 Å². The molecule has 0 saturated carbocycles. The number of rotatable bonds is 5. The van der Waals surface area contributed by atoms with Gasteiger partial charge in [-0.25, -0.2) is 17.2 Å². The molecule has 0 spiro atoms. The lowest BCUT2D eigenvalue weighted by atomic mass is 9.84. The van der Waals surface area contributed by atoms with Crippen LogP contribution in [-0.2, 0) is 15.6 Å². The van der Waals surface area contributed by atoms with Crippen molar-refractivity contribution in [2.45, 2.75) is 11.7 Å². The number of H-pyrrole nitrogens is 1. The van der Waals surface area contributed by atoms with Crippen molar-refractivity contribution >= 4 is 32.3 Å². The number of hydrogen-bond donors (Lipinski definition) is 1. The highest BCUT2D eigenvalue weighted by Crippen LogP contribution is 2.38. The summed E-state index contributed by atoms with van der Waals surface area (Å²) in [6.07, 6.45) is 2.93. The lowest BCUT2D eigenvalue weighted by molar-refractivity contribution is 0.601. The minimum Gasteiger partial charge on any atom is -0.361 e. The minimum atomic E-state index is -3.24. The molecule has 154 valence electrons. The van der Waals surface area contributed by atoms with Crippen molar-refractivity contribution in [3.05, 3.63) is 106 Å². The van der Waals surface area contributed by atoms with Gasteiger partial charge in [0.25, 0.3) is 0 Å². The van der Waals surface area contributed by atoms with Crippen LogP contribution < -0.4 is 0 Å². The molecule has 1 N–H and O–H groups in total. The average molecular weight is 446 g/mol. The van der Waals surface area contributed by atoms with Crippen molar-refractivity contribution < 1.29 is 17.2 Å². The second-order valence-electron chi connectivity index (χ2n) is 7.30. The fourth-order valence-electron chi connectivity index (χ4n) is 3.80. The Morgan fingerprint density at radius 2 is 1.73 bits per heavy atom. The number of sulfone groups is 1. The third kappa shape index (κ3) is 4.11. The first-order valence-corrected chi connectivity index (χ1v) is 11.6. The third-order valence-electron chi connectivity index (χ3n) is 5.04. The van der Waals surface area contributed by atoms with E-state index in [4.69, 9.17) is 11.6 Å². The fraction of sp³-hybridized carbons (Fsp3) is 0.130. The smallest absolute Gasteiger partial charge is 0.151 e. The second kappa shape index (κ2) is 7.85. The van der Waals surface area contributed by atoms with E-state index in [1.165, 1.54) is 24.5 Å². The third-order valence-corrected chi connectivity index (χ3v) is 6.11. The predicted molar refractivity (Wildman–Crippen MR) is 116 cm³/mol. The summed E-state index contributed by atoms with van der Waals surface area (Å²) in [5.74, 6) is -1.51. The summed E-state index contributed by atoms with van der Waals surface area (Å²) in [7, 11) is -3.24. The molecular formula is C23H18ClF2NO2S. The van der Waals surface area contributed by atoms with Crippen molar-refractivity contribution in [1.82, 2.24) is 4.98 Å². The zero-order valence-corrected chi connectivity index (χ0v) is 17.6. The van der Waals surface area contributed by atoms with Gasteiger partial charge in [-0.2, -0.15) is 0 Å². The molecule has 0 fully saturated rings. The molecule has 0 amide bonds. The summed E-state index contributed by atoms with van der Waals surface area (Å²) in [4.78, 5) is 3.15. The Bertz CT molecular complexity index is 1330. The molecule has 30 heavy (non-hydrogen) atoms. The van der Waals surface area contributed by atoms with E-state index in [1.54, 1.807) is 42.6 Å². The quantitative estimate of drug-likeness (QED) is 0.420. The molecule has 0 bridgehead atoms. The van der Waals surface area contributed by atoms with Crippen molar-refractivity contribution in [3.8, 4) is 0 Å². The highest BCUT2D eigenvalue weighted by Gasteiger charge is 2.24. The standard InChI is InChI=1S/C23H18ClF2NO2S/c1-30(28,29)13-15-3-2-4-18-20(12-27-23(15)18)22(14-5-8-17(25)9-6-14)19-10-7-16(24)11-21(19)26/h2-12,22,27H,13H2,1H3. The molecule has 1 atom stereocenters. The van der Waals surface area contributed by atoms with Crippen molar-refractivity contribution in [3.63, 3.8) is 0 Å². The Morgan fingerprint density at radius 3 is 2.40 bits per heavy atom. The molecule has 1 heterocycles. The lowest BCUT2D eigenvalue weighted by Gasteiger charge is -2.19. The molecule has 3 aromatic carbocycles. The van der Waals surface area contributed by atoms with Gasteiger partial charge in [0.1, 0.15) is 11.6 Å². The van der Waals surface area contributed by atoms with Crippen LogP contribution in [-0.4, -0.2) is 19.7 Å². The molecular weight excluding hydrogens is 428 g/mol. The second-order valence-corrected chi connectivity index (χ2v) is 9.88. The van der Waals surface area contributed by atoms with E-state index in [0.717, 1.165) is 10.9 Å². The summed E-state index contributed by atoms with van der Waals surface area (Å²) in [6, 6.07) is 15.8. The molecule has 1 aromatic heterocycles. The van der Waals surface area contributed by atoms with Crippen molar-refractivity contribution in [2.75, 3.05) is 6.26 Å². The highest BCUT2D eigenvalue weighted by molar-refractivity contribution is 7.89. The van der Waals surface area contributed by atoms with Gasteiger partial charge in [0.05, 0.1) is 5.75 Å².